The van der Waals surface area contributed by atoms with E-state index < -0.39 is 0 Å². The van der Waals surface area contributed by atoms with E-state index in [1.54, 1.807) is 42.9 Å². The van der Waals surface area contributed by atoms with Crippen LogP contribution in [0.15, 0.2) is 55.0 Å². The van der Waals surface area contributed by atoms with Gasteiger partial charge >= 0.3 is 0 Å². The molecule has 0 bridgehead atoms. The van der Waals surface area contributed by atoms with Crippen LogP contribution in [0.25, 0.3) is 22.5 Å². The second-order valence-electron chi connectivity index (χ2n) is 4.52. The minimum atomic E-state index is 0.312. The minimum Gasteiger partial charge on any atom is -0.265 e. The Kier molecular flexibility index (Phi) is 3.55. The highest BCUT2D eigenvalue weighted by Gasteiger charge is 2.08. The second-order valence-corrected chi connectivity index (χ2v) is 4.52. The smallest absolute Gasteiger partial charge is 0.141 e. The molecule has 0 saturated carbocycles. The minimum absolute atomic E-state index is 0.312. The highest BCUT2D eigenvalue weighted by Crippen LogP contribution is 2.24. The Morgan fingerprint density at radius 2 is 1.45 bits per heavy atom. The third-order valence-corrected chi connectivity index (χ3v) is 3.10. The zero-order valence-electron chi connectivity index (χ0n) is 11.4. The second kappa shape index (κ2) is 5.82. The fraction of sp³-hybridized carbons (Fsp3) is 0. The van der Waals surface area contributed by atoms with Crippen LogP contribution < -0.4 is 0 Å². The van der Waals surface area contributed by atoms with Crippen molar-refractivity contribution in [3.63, 3.8) is 0 Å². The molecule has 0 fully saturated rings. The molecular formula is C17H9N5. The first kappa shape index (κ1) is 13.4. The maximum absolute atomic E-state index is 9.23. The van der Waals surface area contributed by atoms with Gasteiger partial charge in [-0.25, -0.2) is 9.97 Å². The number of nitriles is 2. The van der Waals surface area contributed by atoms with Gasteiger partial charge in [-0.1, -0.05) is 0 Å². The first-order valence-corrected chi connectivity index (χ1v) is 6.49. The number of pyridine rings is 3. The lowest BCUT2D eigenvalue weighted by Crippen LogP contribution is -1.92. The number of aromatic nitrogens is 3. The molecule has 0 amide bonds. The topological polar surface area (TPSA) is 86.2 Å². The van der Waals surface area contributed by atoms with Gasteiger partial charge < -0.3 is 0 Å². The maximum atomic E-state index is 9.23. The van der Waals surface area contributed by atoms with Crippen molar-refractivity contribution in [1.82, 2.24) is 15.0 Å². The molecule has 0 radical (unpaired) electrons. The van der Waals surface area contributed by atoms with Crippen molar-refractivity contribution in [2.24, 2.45) is 0 Å². The van der Waals surface area contributed by atoms with Crippen molar-refractivity contribution in [3.05, 3.63) is 66.2 Å². The molecule has 0 aliphatic heterocycles. The Hall–Kier alpha value is -3.57. The maximum Gasteiger partial charge on any atom is 0.141 e. The predicted molar refractivity (Wildman–Crippen MR) is 80.1 cm³/mol. The molecule has 3 rings (SSSR count). The van der Waals surface area contributed by atoms with Gasteiger partial charge in [-0.2, -0.15) is 10.5 Å². The van der Waals surface area contributed by atoms with Crippen LogP contribution in [0.5, 0.6) is 0 Å². The summed E-state index contributed by atoms with van der Waals surface area (Å²) in [5.41, 5.74) is 3.76. The lowest BCUT2D eigenvalue weighted by molar-refractivity contribution is 1.24. The van der Waals surface area contributed by atoms with Gasteiger partial charge in [-0.15, -0.1) is 0 Å². The highest BCUT2D eigenvalue weighted by molar-refractivity contribution is 5.68. The van der Waals surface area contributed by atoms with Gasteiger partial charge in [-0.05, 0) is 36.4 Å². The number of rotatable bonds is 2. The summed E-state index contributed by atoms with van der Waals surface area (Å²) in [5.74, 6) is 0. The molecule has 0 aliphatic rings. The van der Waals surface area contributed by atoms with E-state index in [9.17, 15) is 5.26 Å². The lowest BCUT2D eigenvalue weighted by atomic mass is 10.1. The highest BCUT2D eigenvalue weighted by atomic mass is 14.7. The van der Waals surface area contributed by atoms with Crippen LogP contribution in [-0.4, -0.2) is 15.0 Å². The Bertz CT molecular complexity index is 904. The third kappa shape index (κ3) is 2.65. The van der Waals surface area contributed by atoms with E-state index in [-0.39, 0.29) is 0 Å². The van der Waals surface area contributed by atoms with Gasteiger partial charge in [0.15, 0.2) is 0 Å². The summed E-state index contributed by atoms with van der Waals surface area (Å²) < 4.78 is 0. The van der Waals surface area contributed by atoms with E-state index in [0.717, 1.165) is 11.1 Å². The van der Waals surface area contributed by atoms with E-state index in [1.807, 2.05) is 18.2 Å². The molecule has 0 spiro atoms. The van der Waals surface area contributed by atoms with Crippen LogP contribution in [0, 0.1) is 22.7 Å². The van der Waals surface area contributed by atoms with Gasteiger partial charge in [0.2, 0.25) is 0 Å². The normalized spacial score (nSPS) is 9.73. The molecule has 5 nitrogen and oxygen atoms in total. The molecule has 3 aromatic rings. The molecule has 0 aromatic carbocycles. The van der Waals surface area contributed by atoms with E-state index in [0.29, 0.717) is 22.6 Å². The molecule has 22 heavy (non-hydrogen) atoms. The van der Waals surface area contributed by atoms with Crippen LogP contribution in [0.2, 0.25) is 0 Å². The molecule has 3 heterocycles. The zero-order chi connectivity index (χ0) is 15.4. The van der Waals surface area contributed by atoms with Crippen LogP contribution >= 0.6 is 0 Å². The Morgan fingerprint density at radius 1 is 0.773 bits per heavy atom. The number of hydrogen-bond donors (Lipinski definition) is 0. The van der Waals surface area contributed by atoms with Gasteiger partial charge in [0.05, 0.1) is 23.0 Å². The van der Waals surface area contributed by atoms with Gasteiger partial charge in [0.25, 0.3) is 0 Å². The summed E-state index contributed by atoms with van der Waals surface area (Å²) in [6.45, 7) is 0. The van der Waals surface area contributed by atoms with Crippen molar-refractivity contribution in [2.75, 3.05) is 0 Å². The lowest BCUT2D eigenvalue weighted by Gasteiger charge is -2.06. The van der Waals surface area contributed by atoms with E-state index >= 15 is 0 Å². The monoisotopic (exact) mass is 283 g/mol. The van der Waals surface area contributed by atoms with Crippen LogP contribution in [0.1, 0.15) is 11.3 Å². The summed E-state index contributed by atoms with van der Waals surface area (Å²) in [6.07, 6.45) is 4.91. The average Bonchev–Trinajstić information content (AvgIpc) is 2.62. The average molecular weight is 283 g/mol. The summed E-state index contributed by atoms with van der Waals surface area (Å²) in [4.78, 5) is 12.5. The third-order valence-electron chi connectivity index (χ3n) is 3.10. The molecule has 5 heteroatoms. The van der Waals surface area contributed by atoms with Crippen molar-refractivity contribution >= 4 is 0 Å². The fourth-order valence-corrected chi connectivity index (χ4v) is 2.06. The number of nitrogens with zero attached hydrogens (tertiary/aromatic N) is 5. The Balaban J connectivity index is 2.17. The van der Waals surface area contributed by atoms with E-state index in [4.69, 9.17) is 5.26 Å². The molecule has 0 N–H and O–H groups in total. The van der Waals surface area contributed by atoms with E-state index in [1.165, 1.54) is 0 Å². The SMILES string of the molecule is N#Cc1cc(-c2ccncc2)nc(-c2ccnc(C#N)c2)c1. The Morgan fingerprint density at radius 3 is 2.14 bits per heavy atom. The van der Waals surface area contributed by atoms with Crippen LogP contribution in [-0.2, 0) is 0 Å². The molecular weight excluding hydrogens is 274 g/mol. The van der Waals surface area contributed by atoms with E-state index in [2.05, 4.69) is 21.0 Å². The van der Waals surface area contributed by atoms with Gasteiger partial charge in [-0.3, -0.25) is 4.98 Å². The summed E-state index contributed by atoms with van der Waals surface area (Å²) in [6, 6.07) is 14.6. The number of hydrogen-bond acceptors (Lipinski definition) is 5. The molecule has 0 saturated heterocycles. The largest absolute Gasteiger partial charge is 0.265 e. The van der Waals surface area contributed by atoms with Gasteiger partial charge in [0, 0.05) is 29.7 Å². The zero-order valence-corrected chi connectivity index (χ0v) is 11.4. The van der Waals surface area contributed by atoms with Crippen LogP contribution in [0.4, 0.5) is 0 Å². The summed E-state index contributed by atoms with van der Waals surface area (Å²) >= 11 is 0. The van der Waals surface area contributed by atoms with Crippen molar-refractivity contribution < 1.29 is 0 Å². The summed E-state index contributed by atoms with van der Waals surface area (Å²) in [7, 11) is 0. The molecule has 102 valence electrons. The summed E-state index contributed by atoms with van der Waals surface area (Å²) in [5, 5.41) is 18.2. The molecule has 0 unspecified atom stereocenters. The Labute approximate surface area is 127 Å². The fourth-order valence-electron chi connectivity index (χ4n) is 2.06. The van der Waals surface area contributed by atoms with Crippen LogP contribution in [0.3, 0.4) is 0 Å². The molecule has 0 aliphatic carbocycles. The predicted octanol–water partition coefficient (Wildman–Crippen LogP) is 2.95. The molecule has 0 atom stereocenters. The molecule has 3 aromatic heterocycles. The standard InChI is InChI=1S/C17H9N5/c18-10-12-7-16(13-1-4-20-5-2-13)22-17(8-12)14-3-6-21-15(9-14)11-19/h1-9H. The van der Waals surface area contributed by atoms with Crippen molar-refractivity contribution in [3.8, 4) is 34.7 Å². The first-order chi connectivity index (χ1) is 10.8. The van der Waals surface area contributed by atoms with Crippen molar-refractivity contribution in [1.29, 1.82) is 10.5 Å². The quantitative estimate of drug-likeness (QED) is 0.721. The van der Waals surface area contributed by atoms with Crippen molar-refractivity contribution in [2.45, 2.75) is 0 Å². The first-order valence-electron chi connectivity index (χ1n) is 6.49. The van der Waals surface area contributed by atoms with Gasteiger partial charge in [0.1, 0.15) is 11.8 Å².